The van der Waals surface area contributed by atoms with Crippen LogP contribution in [-0.2, 0) is 26.0 Å². The molecular weight excluding hydrogens is 457 g/mol. The number of thiazole rings is 1. The van der Waals surface area contributed by atoms with E-state index in [1.165, 1.54) is 52.0 Å². The van der Waals surface area contributed by atoms with Gasteiger partial charge >= 0.3 is 0 Å². The molecule has 0 aliphatic carbocycles. The molecule has 1 fully saturated rings. The number of hydrogen-bond donors (Lipinski definition) is 0. The topological polar surface area (TPSA) is 90.2 Å². The fourth-order valence-corrected chi connectivity index (χ4v) is 5.88. The van der Waals surface area contributed by atoms with Crippen LogP contribution < -0.4 is 4.80 Å². The second kappa shape index (κ2) is 9.59. The molecule has 1 saturated heterocycles. The molecule has 1 aromatic heterocycles. The smallest absolute Gasteiger partial charge is 0.279 e. The van der Waals surface area contributed by atoms with Gasteiger partial charge in [-0.05, 0) is 42.5 Å². The van der Waals surface area contributed by atoms with E-state index < -0.39 is 15.9 Å². The first-order chi connectivity index (χ1) is 15.4. The third kappa shape index (κ3) is 4.66. The lowest BCUT2D eigenvalue weighted by molar-refractivity contribution is 0.0730. The van der Waals surface area contributed by atoms with Crippen LogP contribution in [-0.4, -0.2) is 63.2 Å². The van der Waals surface area contributed by atoms with E-state index in [1.54, 1.807) is 17.7 Å². The van der Waals surface area contributed by atoms with Crippen LogP contribution in [0.1, 0.15) is 10.4 Å². The molecule has 0 saturated carbocycles. The van der Waals surface area contributed by atoms with Crippen LogP contribution >= 0.6 is 11.3 Å². The summed E-state index contributed by atoms with van der Waals surface area (Å²) in [5.74, 6) is -0.883. The van der Waals surface area contributed by atoms with E-state index in [9.17, 15) is 17.6 Å². The number of methoxy groups -OCH3 is 1. The molecule has 0 N–H and O–H groups in total. The van der Waals surface area contributed by atoms with E-state index in [2.05, 4.69) is 4.99 Å². The number of ether oxygens (including phenoxy) is 2. The monoisotopic (exact) mass is 479 g/mol. The summed E-state index contributed by atoms with van der Waals surface area (Å²) >= 11 is 1.20. The molecule has 3 aromatic rings. The Hall–Kier alpha value is -2.44. The van der Waals surface area contributed by atoms with Gasteiger partial charge in [0.05, 0.1) is 34.9 Å². The van der Waals surface area contributed by atoms with E-state index in [0.717, 1.165) is 5.52 Å². The van der Waals surface area contributed by atoms with Crippen molar-refractivity contribution in [1.29, 1.82) is 0 Å². The molecule has 170 valence electrons. The van der Waals surface area contributed by atoms with E-state index in [4.69, 9.17) is 9.47 Å². The second-order valence-corrected chi connectivity index (χ2v) is 10.0. The number of hydrogen-bond acceptors (Lipinski definition) is 6. The van der Waals surface area contributed by atoms with Gasteiger partial charge in [0.2, 0.25) is 10.0 Å². The molecule has 1 aliphatic heterocycles. The molecule has 32 heavy (non-hydrogen) atoms. The van der Waals surface area contributed by atoms with Crippen molar-refractivity contribution < 1.29 is 27.1 Å². The zero-order valence-corrected chi connectivity index (χ0v) is 19.0. The standard InChI is InChI=1S/C21H22FN3O5S2/c1-29-11-10-25-18-7-4-16(22)14-19(18)31-21(25)23-20(26)15-2-5-17(6-3-15)32(27,28)24-8-12-30-13-9-24/h2-7,14H,8-13H2,1H3. The summed E-state index contributed by atoms with van der Waals surface area (Å²) < 4.78 is 53.3. The maximum atomic E-state index is 13.6. The number of halogens is 1. The minimum absolute atomic E-state index is 0.114. The van der Waals surface area contributed by atoms with Gasteiger partial charge < -0.3 is 14.0 Å². The number of benzene rings is 2. The molecule has 11 heteroatoms. The number of carbonyl (C=O) groups is 1. The molecule has 0 bridgehead atoms. The van der Waals surface area contributed by atoms with Gasteiger partial charge in [0, 0.05) is 32.3 Å². The second-order valence-electron chi connectivity index (χ2n) is 7.10. The predicted molar refractivity (Wildman–Crippen MR) is 118 cm³/mol. The molecule has 0 spiro atoms. The van der Waals surface area contributed by atoms with Crippen molar-refractivity contribution in [2.24, 2.45) is 4.99 Å². The maximum Gasteiger partial charge on any atom is 0.279 e. The third-order valence-corrected chi connectivity index (χ3v) is 8.02. The largest absolute Gasteiger partial charge is 0.383 e. The van der Waals surface area contributed by atoms with Gasteiger partial charge in [-0.2, -0.15) is 9.30 Å². The van der Waals surface area contributed by atoms with Gasteiger partial charge in [0.1, 0.15) is 5.82 Å². The number of carbonyl (C=O) groups excluding carboxylic acids is 1. The number of morpholine rings is 1. The summed E-state index contributed by atoms with van der Waals surface area (Å²) in [7, 11) is -2.07. The molecule has 2 heterocycles. The number of rotatable bonds is 6. The molecule has 1 amide bonds. The van der Waals surface area contributed by atoms with Crippen molar-refractivity contribution in [2.75, 3.05) is 40.0 Å². The number of aromatic nitrogens is 1. The van der Waals surface area contributed by atoms with Crippen molar-refractivity contribution in [3.63, 3.8) is 0 Å². The molecule has 8 nitrogen and oxygen atoms in total. The Morgan fingerprint density at radius 2 is 1.91 bits per heavy atom. The van der Waals surface area contributed by atoms with Gasteiger partial charge in [-0.1, -0.05) is 11.3 Å². The minimum Gasteiger partial charge on any atom is -0.383 e. The summed E-state index contributed by atoms with van der Waals surface area (Å²) in [6.07, 6.45) is 0. The summed E-state index contributed by atoms with van der Waals surface area (Å²) in [5.41, 5.74) is 1.01. The molecule has 0 unspecified atom stereocenters. The highest BCUT2D eigenvalue weighted by atomic mass is 32.2. The van der Waals surface area contributed by atoms with E-state index in [1.807, 2.05) is 0 Å². The first-order valence-corrected chi connectivity index (χ1v) is 12.2. The van der Waals surface area contributed by atoms with Crippen LogP contribution in [0.15, 0.2) is 52.4 Å². The van der Waals surface area contributed by atoms with Gasteiger partial charge in [-0.3, -0.25) is 4.79 Å². The lowest BCUT2D eigenvalue weighted by Gasteiger charge is -2.26. The first kappa shape index (κ1) is 22.7. The van der Waals surface area contributed by atoms with Crippen LogP contribution in [0.5, 0.6) is 0 Å². The minimum atomic E-state index is -3.64. The Labute approximate surface area is 188 Å². The van der Waals surface area contributed by atoms with E-state index >= 15 is 0 Å². The maximum absolute atomic E-state index is 13.6. The number of fused-ring (bicyclic) bond motifs is 1. The Bertz CT molecular complexity index is 1290. The van der Waals surface area contributed by atoms with Gasteiger partial charge in [-0.25, -0.2) is 12.8 Å². The molecule has 1 aliphatic rings. The van der Waals surface area contributed by atoms with Crippen molar-refractivity contribution in [1.82, 2.24) is 8.87 Å². The van der Waals surface area contributed by atoms with Gasteiger partial charge in [-0.15, -0.1) is 0 Å². The van der Waals surface area contributed by atoms with Crippen LogP contribution in [0.2, 0.25) is 0 Å². The predicted octanol–water partition coefficient (Wildman–Crippen LogP) is 2.25. The summed E-state index contributed by atoms with van der Waals surface area (Å²) in [4.78, 5) is 17.5. The van der Waals surface area contributed by atoms with Crippen molar-refractivity contribution in [2.45, 2.75) is 11.4 Å². The summed E-state index contributed by atoms with van der Waals surface area (Å²) in [6, 6.07) is 10.1. The molecule has 2 aromatic carbocycles. The van der Waals surface area contributed by atoms with Crippen molar-refractivity contribution in [3.05, 3.63) is 58.6 Å². The Kier molecular flexibility index (Phi) is 6.82. The van der Waals surface area contributed by atoms with E-state index in [0.29, 0.717) is 49.0 Å². The SMILES string of the molecule is COCCn1c(=NC(=O)c2ccc(S(=O)(=O)N3CCOCC3)cc2)sc2cc(F)ccc21. The lowest BCUT2D eigenvalue weighted by Crippen LogP contribution is -2.40. The van der Waals surface area contributed by atoms with Gasteiger partial charge in [0.25, 0.3) is 5.91 Å². The zero-order valence-electron chi connectivity index (χ0n) is 17.4. The first-order valence-electron chi connectivity index (χ1n) is 9.95. The zero-order chi connectivity index (χ0) is 22.7. The average Bonchev–Trinajstić information content (AvgIpc) is 3.14. The highest BCUT2D eigenvalue weighted by molar-refractivity contribution is 7.89. The fraction of sp³-hybridized carbons (Fsp3) is 0.333. The Morgan fingerprint density at radius 1 is 1.19 bits per heavy atom. The molecule has 0 radical (unpaired) electrons. The number of nitrogens with zero attached hydrogens (tertiary/aromatic N) is 3. The Balaban J connectivity index is 1.64. The normalized spacial score (nSPS) is 16.0. The lowest BCUT2D eigenvalue weighted by atomic mass is 10.2. The van der Waals surface area contributed by atoms with Crippen molar-refractivity contribution in [3.8, 4) is 0 Å². The Morgan fingerprint density at radius 3 is 2.59 bits per heavy atom. The highest BCUT2D eigenvalue weighted by Crippen LogP contribution is 2.20. The summed E-state index contributed by atoms with van der Waals surface area (Å²) in [5, 5.41) is 0. The fourth-order valence-electron chi connectivity index (χ4n) is 3.39. The van der Waals surface area contributed by atoms with E-state index in [-0.39, 0.29) is 16.3 Å². The average molecular weight is 480 g/mol. The van der Waals surface area contributed by atoms with Crippen LogP contribution in [0, 0.1) is 5.82 Å². The third-order valence-electron chi connectivity index (χ3n) is 5.07. The van der Waals surface area contributed by atoms with Crippen LogP contribution in [0.3, 0.4) is 0 Å². The van der Waals surface area contributed by atoms with Crippen LogP contribution in [0.4, 0.5) is 4.39 Å². The number of amides is 1. The number of sulfonamides is 1. The van der Waals surface area contributed by atoms with Crippen LogP contribution in [0.25, 0.3) is 10.2 Å². The summed E-state index contributed by atoms with van der Waals surface area (Å²) in [6.45, 7) is 2.16. The quantitative estimate of drug-likeness (QED) is 0.541. The van der Waals surface area contributed by atoms with Crippen molar-refractivity contribution >= 4 is 37.5 Å². The molecular formula is C21H22FN3O5S2. The van der Waals surface area contributed by atoms with Gasteiger partial charge in [0.15, 0.2) is 4.80 Å². The molecule has 0 atom stereocenters. The highest BCUT2D eigenvalue weighted by Gasteiger charge is 2.26. The molecule has 4 rings (SSSR count).